The van der Waals surface area contributed by atoms with E-state index in [1.54, 1.807) is 19.1 Å². The van der Waals surface area contributed by atoms with Crippen molar-refractivity contribution in [3.05, 3.63) is 29.6 Å². The Labute approximate surface area is 125 Å². The molecule has 0 aliphatic heterocycles. The predicted octanol–water partition coefficient (Wildman–Crippen LogP) is 3.40. The average Bonchev–Trinajstić information content (AvgIpc) is 2.37. The molecule has 20 heavy (non-hydrogen) atoms. The number of carbonyl (C=O) groups excluding carboxylic acids is 1. The molecular weight excluding hydrogens is 279 g/mol. The van der Waals surface area contributed by atoms with Crippen molar-refractivity contribution in [1.82, 2.24) is 0 Å². The molecule has 1 amide bonds. The molecule has 3 N–H and O–H groups in total. The average molecular weight is 301 g/mol. The normalized spacial score (nSPS) is 21.9. The monoisotopic (exact) mass is 300 g/mol. The van der Waals surface area contributed by atoms with E-state index in [0.717, 1.165) is 25.7 Å². The Morgan fingerprint density at radius 1 is 1.40 bits per heavy atom. The first-order valence-electron chi connectivity index (χ1n) is 6.88. The first-order valence-corrected chi connectivity index (χ1v) is 6.88. The SMILES string of the molecule is Cc1cc(NC(=O)CC2CCCCC2N)ccc1F.Cl. The Morgan fingerprint density at radius 3 is 2.75 bits per heavy atom. The third kappa shape index (κ3) is 4.46. The maximum Gasteiger partial charge on any atom is 0.224 e. The lowest BCUT2D eigenvalue weighted by Crippen LogP contribution is -2.35. The summed E-state index contributed by atoms with van der Waals surface area (Å²) in [6.45, 7) is 1.68. The Bertz CT molecular complexity index is 467. The van der Waals surface area contributed by atoms with Gasteiger partial charge >= 0.3 is 0 Å². The summed E-state index contributed by atoms with van der Waals surface area (Å²) in [5.41, 5.74) is 7.22. The topological polar surface area (TPSA) is 55.1 Å². The summed E-state index contributed by atoms with van der Waals surface area (Å²) in [5, 5.41) is 2.82. The van der Waals surface area contributed by atoms with Gasteiger partial charge in [-0.25, -0.2) is 4.39 Å². The van der Waals surface area contributed by atoms with Gasteiger partial charge in [0.05, 0.1) is 0 Å². The summed E-state index contributed by atoms with van der Waals surface area (Å²) >= 11 is 0. The van der Waals surface area contributed by atoms with Crippen molar-refractivity contribution in [3.8, 4) is 0 Å². The number of amides is 1. The molecule has 0 saturated heterocycles. The zero-order valence-corrected chi connectivity index (χ0v) is 12.5. The standard InChI is InChI=1S/C15H21FN2O.ClH/c1-10-8-12(6-7-13(10)16)18-15(19)9-11-4-2-3-5-14(11)17;/h6-8,11,14H,2-5,9,17H2,1H3,(H,18,19);1H. The number of nitrogens with one attached hydrogen (secondary N) is 1. The minimum atomic E-state index is -0.257. The zero-order valence-electron chi connectivity index (χ0n) is 11.7. The van der Waals surface area contributed by atoms with Crippen LogP contribution in [0.25, 0.3) is 0 Å². The first-order chi connectivity index (χ1) is 9.06. The highest BCUT2D eigenvalue weighted by atomic mass is 35.5. The van der Waals surface area contributed by atoms with E-state index in [1.165, 1.54) is 6.07 Å². The van der Waals surface area contributed by atoms with E-state index in [9.17, 15) is 9.18 Å². The fourth-order valence-corrected chi connectivity index (χ4v) is 2.66. The van der Waals surface area contributed by atoms with Gasteiger partial charge in [0, 0.05) is 18.2 Å². The van der Waals surface area contributed by atoms with Crippen LogP contribution in [0.1, 0.15) is 37.7 Å². The summed E-state index contributed by atoms with van der Waals surface area (Å²) in [7, 11) is 0. The quantitative estimate of drug-likeness (QED) is 0.899. The number of hydrogen-bond donors (Lipinski definition) is 2. The van der Waals surface area contributed by atoms with Crippen LogP contribution < -0.4 is 11.1 Å². The van der Waals surface area contributed by atoms with Crippen molar-refractivity contribution in [3.63, 3.8) is 0 Å². The molecule has 1 aliphatic rings. The lowest BCUT2D eigenvalue weighted by atomic mass is 9.83. The molecule has 0 aromatic heterocycles. The largest absolute Gasteiger partial charge is 0.327 e. The van der Waals surface area contributed by atoms with Crippen LogP contribution in [0.2, 0.25) is 0 Å². The van der Waals surface area contributed by atoms with Gasteiger partial charge in [-0.15, -0.1) is 12.4 Å². The van der Waals surface area contributed by atoms with E-state index in [-0.39, 0.29) is 36.1 Å². The predicted molar refractivity (Wildman–Crippen MR) is 81.6 cm³/mol. The Morgan fingerprint density at radius 2 is 2.10 bits per heavy atom. The van der Waals surface area contributed by atoms with E-state index in [1.807, 2.05) is 0 Å². The number of carbonyl (C=O) groups is 1. The van der Waals surface area contributed by atoms with Crippen molar-refractivity contribution in [2.75, 3.05) is 5.32 Å². The van der Waals surface area contributed by atoms with E-state index in [4.69, 9.17) is 5.73 Å². The molecule has 1 aromatic carbocycles. The van der Waals surface area contributed by atoms with Crippen LogP contribution in [-0.2, 0) is 4.79 Å². The summed E-state index contributed by atoms with van der Waals surface area (Å²) in [6, 6.07) is 4.74. The van der Waals surface area contributed by atoms with Gasteiger partial charge in [-0.2, -0.15) is 0 Å². The summed E-state index contributed by atoms with van der Waals surface area (Å²) < 4.78 is 13.1. The number of rotatable bonds is 3. The lowest BCUT2D eigenvalue weighted by molar-refractivity contribution is -0.117. The van der Waals surface area contributed by atoms with Crippen molar-refractivity contribution in [2.24, 2.45) is 11.7 Å². The Balaban J connectivity index is 0.00000200. The van der Waals surface area contributed by atoms with E-state index in [0.29, 0.717) is 17.7 Å². The van der Waals surface area contributed by atoms with E-state index >= 15 is 0 Å². The molecule has 3 nitrogen and oxygen atoms in total. The van der Waals surface area contributed by atoms with E-state index in [2.05, 4.69) is 5.32 Å². The maximum atomic E-state index is 13.1. The van der Waals surface area contributed by atoms with Crippen LogP contribution >= 0.6 is 12.4 Å². The fourth-order valence-electron chi connectivity index (χ4n) is 2.66. The smallest absolute Gasteiger partial charge is 0.224 e. The molecule has 0 radical (unpaired) electrons. The molecule has 0 heterocycles. The zero-order chi connectivity index (χ0) is 13.8. The molecule has 1 aromatic rings. The highest BCUT2D eigenvalue weighted by molar-refractivity contribution is 5.91. The Kier molecular flexibility index (Phi) is 6.43. The van der Waals surface area contributed by atoms with Crippen molar-refractivity contribution < 1.29 is 9.18 Å². The van der Waals surface area contributed by atoms with Crippen molar-refractivity contribution in [1.29, 1.82) is 0 Å². The van der Waals surface area contributed by atoms with Crippen LogP contribution in [0.15, 0.2) is 18.2 Å². The molecule has 2 rings (SSSR count). The number of halogens is 2. The molecule has 2 unspecified atom stereocenters. The first kappa shape index (κ1) is 16.9. The summed E-state index contributed by atoms with van der Waals surface area (Å²) in [6.07, 6.45) is 4.81. The number of benzene rings is 1. The second-order valence-corrected chi connectivity index (χ2v) is 5.42. The second kappa shape index (κ2) is 7.60. The molecule has 0 spiro atoms. The van der Waals surface area contributed by atoms with E-state index < -0.39 is 0 Å². The van der Waals surface area contributed by atoms with Gasteiger partial charge in [0.1, 0.15) is 5.82 Å². The molecule has 1 fully saturated rings. The van der Waals surface area contributed by atoms with Crippen molar-refractivity contribution in [2.45, 2.75) is 45.1 Å². The maximum absolute atomic E-state index is 13.1. The molecule has 1 saturated carbocycles. The third-order valence-corrected chi connectivity index (χ3v) is 3.86. The number of anilines is 1. The van der Waals surface area contributed by atoms with Gasteiger partial charge in [0.2, 0.25) is 5.91 Å². The molecule has 0 bridgehead atoms. The van der Waals surface area contributed by atoms with Gasteiger partial charge in [0.25, 0.3) is 0 Å². The third-order valence-electron chi connectivity index (χ3n) is 3.86. The van der Waals surface area contributed by atoms with Crippen LogP contribution in [0.4, 0.5) is 10.1 Å². The van der Waals surface area contributed by atoms with Crippen molar-refractivity contribution >= 4 is 24.0 Å². The summed E-state index contributed by atoms with van der Waals surface area (Å²) in [5.74, 6) is -0.0176. The van der Waals surface area contributed by atoms with Gasteiger partial charge in [-0.1, -0.05) is 12.8 Å². The molecule has 112 valence electrons. The number of nitrogens with two attached hydrogens (primary N) is 1. The number of aryl methyl sites for hydroxylation is 1. The Hall–Kier alpha value is -1.13. The van der Waals surface area contributed by atoms with Crippen LogP contribution in [0.3, 0.4) is 0 Å². The summed E-state index contributed by atoms with van der Waals surface area (Å²) in [4.78, 5) is 12.0. The van der Waals surface area contributed by atoms with Gasteiger partial charge in [-0.05, 0) is 49.4 Å². The minimum Gasteiger partial charge on any atom is -0.327 e. The van der Waals surface area contributed by atoms with Gasteiger partial charge < -0.3 is 11.1 Å². The molecular formula is C15H22ClFN2O. The highest BCUT2D eigenvalue weighted by Crippen LogP contribution is 2.26. The second-order valence-electron chi connectivity index (χ2n) is 5.42. The molecule has 5 heteroatoms. The fraction of sp³-hybridized carbons (Fsp3) is 0.533. The van der Waals surface area contributed by atoms with Crippen LogP contribution in [0, 0.1) is 18.7 Å². The van der Waals surface area contributed by atoms with Crippen LogP contribution in [-0.4, -0.2) is 11.9 Å². The molecule has 2 atom stereocenters. The number of hydrogen-bond acceptors (Lipinski definition) is 2. The molecule has 1 aliphatic carbocycles. The highest BCUT2D eigenvalue weighted by Gasteiger charge is 2.24. The van der Waals surface area contributed by atoms with Gasteiger partial charge in [-0.3, -0.25) is 4.79 Å². The lowest BCUT2D eigenvalue weighted by Gasteiger charge is -2.27. The minimum absolute atomic E-state index is 0. The van der Waals surface area contributed by atoms with Crippen LogP contribution in [0.5, 0.6) is 0 Å². The van der Waals surface area contributed by atoms with Gasteiger partial charge in [0.15, 0.2) is 0 Å².